The molecule has 6 heteroatoms. The fraction of sp³-hybridized carbons (Fsp3) is 0.214. The van der Waals surface area contributed by atoms with E-state index >= 15 is 0 Å². The van der Waals surface area contributed by atoms with Gasteiger partial charge in [0.2, 0.25) is 0 Å². The molecule has 0 unspecified atom stereocenters. The van der Waals surface area contributed by atoms with Crippen molar-refractivity contribution >= 4 is 17.1 Å². The SMILES string of the molecule is Cc1cc(Oc2[c-]c(N3C=CN(C)[CH-]3)ccc2)[c-]c(N2[CH-]N(C)C(C)(C)c3ccccc32)c1.[Pt+4]. The average Bonchev–Trinajstić information content (AvgIpc) is 3.23. The van der Waals surface area contributed by atoms with Crippen LogP contribution in [0.3, 0.4) is 0 Å². The number of rotatable bonds is 4. The molecule has 0 atom stereocenters. The second kappa shape index (κ2) is 9.48. The van der Waals surface area contributed by atoms with Crippen LogP contribution in [0.1, 0.15) is 25.0 Å². The Bertz CT molecular complexity index is 1210. The van der Waals surface area contributed by atoms with Crippen molar-refractivity contribution in [3.63, 3.8) is 0 Å². The Balaban J connectivity index is 0.00000274. The van der Waals surface area contributed by atoms with Crippen LogP contribution in [0.5, 0.6) is 11.5 Å². The average molecular weight is 632 g/mol. The van der Waals surface area contributed by atoms with E-state index in [0.717, 1.165) is 22.6 Å². The van der Waals surface area contributed by atoms with Crippen LogP contribution in [-0.2, 0) is 26.6 Å². The van der Waals surface area contributed by atoms with E-state index in [4.69, 9.17) is 4.74 Å². The number of hydrogen-bond acceptors (Lipinski definition) is 5. The van der Waals surface area contributed by atoms with Crippen LogP contribution in [0.2, 0.25) is 0 Å². The molecule has 2 aliphatic rings. The predicted molar refractivity (Wildman–Crippen MR) is 133 cm³/mol. The van der Waals surface area contributed by atoms with Crippen molar-refractivity contribution in [2.45, 2.75) is 26.3 Å². The minimum Gasteiger partial charge on any atom is -0.510 e. The van der Waals surface area contributed by atoms with E-state index in [9.17, 15) is 0 Å². The Morgan fingerprint density at radius 2 is 1.62 bits per heavy atom. The number of fused-ring (bicyclic) bond motifs is 1. The van der Waals surface area contributed by atoms with Gasteiger partial charge >= 0.3 is 21.1 Å². The van der Waals surface area contributed by atoms with Gasteiger partial charge in [-0.3, -0.25) is 0 Å². The molecule has 0 radical (unpaired) electrons. The minimum atomic E-state index is -0.0965. The van der Waals surface area contributed by atoms with Crippen molar-refractivity contribution in [2.75, 3.05) is 23.9 Å². The Hall–Kier alpha value is -2.75. The number of aryl methyl sites for hydroxylation is 1. The number of hydrogen-bond donors (Lipinski definition) is 0. The Labute approximate surface area is 217 Å². The summed E-state index contributed by atoms with van der Waals surface area (Å²) >= 11 is 0. The van der Waals surface area contributed by atoms with E-state index in [1.807, 2.05) is 60.2 Å². The first-order valence-electron chi connectivity index (χ1n) is 11.1. The van der Waals surface area contributed by atoms with Crippen molar-refractivity contribution in [3.8, 4) is 11.5 Å². The minimum absolute atomic E-state index is 0. The van der Waals surface area contributed by atoms with Crippen LogP contribution in [0.4, 0.5) is 17.1 Å². The maximum atomic E-state index is 6.23. The molecule has 2 heterocycles. The van der Waals surface area contributed by atoms with Crippen LogP contribution in [0.25, 0.3) is 0 Å². The molecular weight excluding hydrogens is 603 g/mol. The molecule has 0 saturated carbocycles. The molecule has 176 valence electrons. The van der Waals surface area contributed by atoms with Gasteiger partial charge in [-0.2, -0.15) is 25.0 Å². The molecule has 0 amide bonds. The molecule has 34 heavy (non-hydrogen) atoms. The molecule has 0 spiro atoms. The molecule has 0 saturated heterocycles. The van der Waals surface area contributed by atoms with E-state index in [0.29, 0.717) is 11.5 Å². The van der Waals surface area contributed by atoms with E-state index in [1.54, 1.807) is 0 Å². The Morgan fingerprint density at radius 1 is 0.853 bits per heavy atom. The maximum Gasteiger partial charge on any atom is 4.00 e. The standard InChI is InChI=1S/C28H28N4O.Pt/c1-21-15-23(32-20-30(5)28(2,3)26-11-6-7-12-27(26)32)18-25(16-21)33-24-10-8-9-22(17-24)31-14-13-29(4)19-31;/h6-16,19-20H,1-5H3;/q-4;+4. The molecule has 5 rings (SSSR count). The molecule has 5 nitrogen and oxygen atoms in total. The van der Waals surface area contributed by atoms with Crippen molar-refractivity contribution in [3.05, 3.63) is 104 Å². The molecular formula is C28H28N4OPt. The number of anilines is 3. The summed E-state index contributed by atoms with van der Waals surface area (Å²) < 4.78 is 6.23. The summed E-state index contributed by atoms with van der Waals surface area (Å²) in [5.41, 5.74) is 5.29. The Kier molecular flexibility index (Phi) is 6.80. The fourth-order valence-corrected chi connectivity index (χ4v) is 4.17. The fourth-order valence-electron chi connectivity index (χ4n) is 4.17. The number of para-hydroxylation sites is 1. The van der Waals surface area contributed by atoms with Gasteiger partial charge in [0.1, 0.15) is 0 Å². The first-order chi connectivity index (χ1) is 15.8. The molecule has 0 aliphatic carbocycles. The normalized spacial score (nSPS) is 16.9. The molecule has 3 aromatic rings. The maximum absolute atomic E-state index is 6.23. The largest absolute Gasteiger partial charge is 4.00 e. The number of ether oxygens (including phenoxy) is 1. The molecule has 0 fully saturated rings. The van der Waals surface area contributed by atoms with E-state index in [-0.39, 0.29) is 26.6 Å². The smallest absolute Gasteiger partial charge is 0.510 e. The summed E-state index contributed by atoms with van der Waals surface area (Å²) in [5, 5.41) is 0. The van der Waals surface area contributed by atoms with Gasteiger partial charge in [0.15, 0.2) is 0 Å². The summed E-state index contributed by atoms with van der Waals surface area (Å²) in [6.07, 6.45) is 3.99. The van der Waals surface area contributed by atoms with Crippen molar-refractivity contribution < 1.29 is 25.8 Å². The predicted octanol–water partition coefficient (Wildman–Crippen LogP) is 6.17. The molecule has 0 N–H and O–H groups in total. The van der Waals surface area contributed by atoms with Gasteiger partial charge in [0.25, 0.3) is 0 Å². The summed E-state index contributed by atoms with van der Waals surface area (Å²) in [6.45, 7) is 10.7. The van der Waals surface area contributed by atoms with Crippen LogP contribution in [0.15, 0.2) is 67.0 Å². The monoisotopic (exact) mass is 631 g/mol. The van der Waals surface area contributed by atoms with Crippen molar-refractivity contribution in [2.24, 2.45) is 0 Å². The second-order valence-corrected chi connectivity index (χ2v) is 9.07. The van der Waals surface area contributed by atoms with E-state index in [1.165, 1.54) is 5.56 Å². The third-order valence-electron chi connectivity index (χ3n) is 6.25. The van der Waals surface area contributed by atoms with Crippen molar-refractivity contribution in [1.29, 1.82) is 0 Å². The van der Waals surface area contributed by atoms with Gasteiger partial charge in [0, 0.05) is 22.7 Å². The summed E-state index contributed by atoms with van der Waals surface area (Å²) in [6, 6.07) is 25.4. The zero-order valence-corrected chi connectivity index (χ0v) is 22.3. The summed E-state index contributed by atoms with van der Waals surface area (Å²) in [7, 11) is 4.10. The molecule has 3 aromatic carbocycles. The van der Waals surface area contributed by atoms with Gasteiger partial charge < -0.3 is 24.3 Å². The van der Waals surface area contributed by atoms with Crippen LogP contribution in [-0.4, -0.2) is 23.9 Å². The molecule has 0 aromatic heterocycles. The molecule has 0 bridgehead atoms. The summed E-state index contributed by atoms with van der Waals surface area (Å²) in [5.74, 6) is 1.31. The van der Waals surface area contributed by atoms with Crippen LogP contribution in [0, 0.1) is 32.4 Å². The van der Waals surface area contributed by atoms with Crippen molar-refractivity contribution in [1.82, 2.24) is 9.80 Å². The van der Waals surface area contributed by atoms with Gasteiger partial charge in [0.05, 0.1) is 0 Å². The van der Waals surface area contributed by atoms with Gasteiger partial charge in [-0.15, -0.1) is 47.8 Å². The van der Waals surface area contributed by atoms with Gasteiger partial charge in [-0.1, -0.05) is 25.1 Å². The second-order valence-electron chi connectivity index (χ2n) is 9.07. The van der Waals surface area contributed by atoms with Crippen LogP contribution >= 0.6 is 0 Å². The van der Waals surface area contributed by atoms with Gasteiger partial charge in [-0.05, 0) is 52.0 Å². The van der Waals surface area contributed by atoms with Gasteiger partial charge in [-0.25, -0.2) is 0 Å². The zero-order chi connectivity index (χ0) is 23.2. The molecule has 2 aliphatic heterocycles. The number of benzene rings is 3. The number of nitrogens with zero attached hydrogens (tertiary/aromatic N) is 4. The third-order valence-corrected chi connectivity index (χ3v) is 6.25. The van der Waals surface area contributed by atoms with Crippen LogP contribution < -0.4 is 14.5 Å². The van der Waals surface area contributed by atoms with E-state index < -0.39 is 0 Å². The van der Waals surface area contributed by atoms with E-state index in [2.05, 4.69) is 86.8 Å². The topological polar surface area (TPSA) is 22.2 Å². The summed E-state index contributed by atoms with van der Waals surface area (Å²) in [4.78, 5) is 8.42. The quantitative estimate of drug-likeness (QED) is 0.321. The first kappa shape index (κ1) is 24.4. The Morgan fingerprint density at radius 3 is 2.38 bits per heavy atom. The first-order valence-corrected chi connectivity index (χ1v) is 11.1. The zero-order valence-electron chi connectivity index (χ0n) is 20.0. The third kappa shape index (κ3) is 4.60.